The van der Waals surface area contributed by atoms with Crippen molar-refractivity contribution in [1.29, 1.82) is 0 Å². The molecule has 6 nitrogen and oxygen atoms in total. The number of urea groups is 1. The molecule has 2 fully saturated rings. The lowest BCUT2D eigenvalue weighted by Gasteiger charge is -2.38. The number of hydrogen-bond acceptors (Lipinski definition) is 4. The molecule has 6 heteroatoms. The Labute approximate surface area is 149 Å². The minimum atomic E-state index is -0.161. The highest BCUT2D eigenvalue weighted by Crippen LogP contribution is 2.39. The van der Waals surface area contributed by atoms with Crippen LogP contribution in [0.15, 0.2) is 24.3 Å². The highest BCUT2D eigenvalue weighted by Gasteiger charge is 2.37. The van der Waals surface area contributed by atoms with Crippen LogP contribution in [0.3, 0.4) is 0 Å². The van der Waals surface area contributed by atoms with Gasteiger partial charge in [-0.15, -0.1) is 0 Å². The van der Waals surface area contributed by atoms with E-state index in [9.17, 15) is 4.79 Å². The molecule has 2 aliphatic heterocycles. The largest absolute Gasteiger partial charge is 0.496 e. The molecular weight excluding hydrogens is 320 g/mol. The molecule has 0 radical (unpaired) electrons. The van der Waals surface area contributed by atoms with E-state index < -0.39 is 0 Å². The van der Waals surface area contributed by atoms with E-state index in [0.29, 0.717) is 26.3 Å². The molecule has 0 saturated carbocycles. The molecule has 2 N–H and O–H groups in total. The predicted molar refractivity (Wildman–Crippen MR) is 95.1 cm³/mol. The predicted octanol–water partition coefficient (Wildman–Crippen LogP) is 2.22. The number of carbonyl (C=O) groups excluding carboxylic acids is 1. The number of rotatable bonds is 6. The Hall–Kier alpha value is -1.79. The zero-order valence-corrected chi connectivity index (χ0v) is 14.9. The van der Waals surface area contributed by atoms with Gasteiger partial charge in [-0.1, -0.05) is 18.2 Å². The van der Waals surface area contributed by atoms with Crippen molar-refractivity contribution < 1.29 is 19.0 Å². The second-order valence-electron chi connectivity index (χ2n) is 6.79. The van der Waals surface area contributed by atoms with Crippen LogP contribution in [-0.4, -0.2) is 52.2 Å². The van der Waals surface area contributed by atoms with Gasteiger partial charge in [-0.2, -0.15) is 0 Å². The number of hydrogen-bond donors (Lipinski definition) is 2. The summed E-state index contributed by atoms with van der Waals surface area (Å²) in [7, 11) is 1.69. The van der Waals surface area contributed by atoms with Gasteiger partial charge in [-0.3, -0.25) is 0 Å². The number of carbonyl (C=O) groups is 1. The smallest absolute Gasteiger partial charge is 0.314 e. The molecule has 2 saturated heterocycles. The maximum atomic E-state index is 12.2. The molecule has 0 aliphatic carbocycles. The van der Waals surface area contributed by atoms with Crippen molar-refractivity contribution in [3.8, 4) is 5.75 Å². The first-order valence-corrected chi connectivity index (χ1v) is 9.08. The van der Waals surface area contributed by atoms with Gasteiger partial charge in [0.2, 0.25) is 0 Å². The molecule has 1 aromatic rings. The summed E-state index contributed by atoms with van der Waals surface area (Å²) >= 11 is 0. The summed E-state index contributed by atoms with van der Waals surface area (Å²) < 4.78 is 16.7. The van der Waals surface area contributed by atoms with E-state index in [1.54, 1.807) is 7.11 Å². The quantitative estimate of drug-likeness (QED) is 0.827. The van der Waals surface area contributed by atoms with Crippen molar-refractivity contribution in [3.63, 3.8) is 0 Å². The molecule has 2 heterocycles. The average molecular weight is 348 g/mol. The lowest BCUT2D eigenvalue weighted by atomic mass is 9.73. The topological polar surface area (TPSA) is 68.8 Å². The van der Waals surface area contributed by atoms with Crippen molar-refractivity contribution in [2.75, 3.05) is 40.0 Å². The zero-order valence-electron chi connectivity index (χ0n) is 14.9. The fourth-order valence-corrected chi connectivity index (χ4v) is 3.71. The molecule has 0 aromatic heterocycles. The van der Waals surface area contributed by atoms with Crippen LogP contribution >= 0.6 is 0 Å². The number of para-hydroxylation sites is 1. The Morgan fingerprint density at radius 2 is 2.04 bits per heavy atom. The Bertz CT molecular complexity index is 566. The van der Waals surface area contributed by atoms with Crippen LogP contribution in [0.4, 0.5) is 4.79 Å². The molecule has 3 rings (SSSR count). The second kappa shape index (κ2) is 8.54. The van der Waals surface area contributed by atoms with Crippen molar-refractivity contribution in [2.24, 2.45) is 0 Å². The first kappa shape index (κ1) is 18.0. The van der Waals surface area contributed by atoms with Crippen LogP contribution in [0.5, 0.6) is 5.75 Å². The van der Waals surface area contributed by atoms with E-state index in [4.69, 9.17) is 14.2 Å². The number of benzene rings is 1. The summed E-state index contributed by atoms with van der Waals surface area (Å²) in [4.78, 5) is 12.2. The molecule has 0 spiro atoms. The summed E-state index contributed by atoms with van der Waals surface area (Å²) in [6, 6.07) is 7.92. The van der Waals surface area contributed by atoms with Crippen LogP contribution in [0.2, 0.25) is 0 Å². The molecular formula is C19H28N2O4. The van der Waals surface area contributed by atoms with E-state index >= 15 is 0 Å². The van der Waals surface area contributed by atoms with Crippen LogP contribution in [0, 0.1) is 0 Å². The molecule has 2 aliphatic rings. The average Bonchev–Trinajstić information content (AvgIpc) is 3.19. The first-order valence-electron chi connectivity index (χ1n) is 9.08. The number of amides is 2. The van der Waals surface area contributed by atoms with Gasteiger partial charge in [-0.05, 0) is 31.7 Å². The standard InChI is InChI=1S/C19H28N2O4/c1-23-17-7-3-2-6-16(17)19(8-11-24-12-9-19)14-21-18(22)20-13-15-5-4-10-25-15/h2-3,6-7,15H,4-5,8-14H2,1H3,(H2,20,21,22). The molecule has 138 valence electrons. The van der Waals surface area contributed by atoms with Gasteiger partial charge >= 0.3 is 6.03 Å². The SMILES string of the molecule is COc1ccccc1C1(CNC(=O)NCC2CCCO2)CCOCC1. The number of methoxy groups -OCH3 is 1. The van der Waals surface area contributed by atoms with Crippen LogP contribution < -0.4 is 15.4 Å². The van der Waals surface area contributed by atoms with Crippen molar-refractivity contribution in [1.82, 2.24) is 10.6 Å². The van der Waals surface area contributed by atoms with E-state index in [1.165, 1.54) is 0 Å². The van der Waals surface area contributed by atoms with Gasteiger partial charge in [0.1, 0.15) is 5.75 Å². The van der Waals surface area contributed by atoms with Crippen molar-refractivity contribution >= 4 is 6.03 Å². The Balaban J connectivity index is 1.63. The highest BCUT2D eigenvalue weighted by molar-refractivity contribution is 5.74. The molecule has 1 unspecified atom stereocenters. The van der Waals surface area contributed by atoms with Gasteiger partial charge in [0.15, 0.2) is 0 Å². The molecule has 25 heavy (non-hydrogen) atoms. The number of ether oxygens (including phenoxy) is 3. The summed E-state index contributed by atoms with van der Waals surface area (Å²) in [6.07, 6.45) is 3.96. The zero-order chi connectivity index (χ0) is 17.5. The third kappa shape index (κ3) is 4.44. The minimum Gasteiger partial charge on any atom is -0.496 e. The van der Waals surface area contributed by atoms with Gasteiger partial charge in [0, 0.05) is 43.9 Å². The Morgan fingerprint density at radius 3 is 2.76 bits per heavy atom. The second-order valence-corrected chi connectivity index (χ2v) is 6.79. The van der Waals surface area contributed by atoms with Crippen molar-refractivity contribution in [2.45, 2.75) is 37.2 Å². The van der Waals surface area contributed by atoms with E-state index in [2.05, 4.69) is 16.7 Å². The summed E-state index contributed by atoms with van der Waals surface area (Å²) in [5.74, 6) is 0.867. The number of nitrogens with one attached hydrogen (secondary N) is 2. The third-order valence-corrected chi connectivity index (χ3v) is 5.23. The van der Waals surface area contributed by atoms with Crippen LogP contribution in [0.1, 0.15) is 31.2 Å². The van der Waals surface area contributed by atoms with Crippen LogP contribution in [0.25, 0.3) is 0 Å². The maximum Gasteiger partial charge on any atom is 0.314 e. The molecule has 2 amide bonds. The first-order chi connectivity index (χ1) is 12.2. The van der Waals surface area contributed by atoms with E-state index in [0.717, 1.165) is 43.6 Å². The maximum absolute atomic E-state index is 12.2. The minimum absolute atomic E-state index is 0.142. The Kier molecular flexibility index (Phi) is 6.15. The molecule has 1 aromatic carbocycles. The third-order valence-electron chi connectivity index (χ3n) is 5.23. The van der Waals surface area contributed by atoms with Gasteiger partial charge in [-0.25, -0.2) is 4.79 Å². The van der Waals surface area contributed by atoms with E-state index in [1.807, 2.05) is 18.2 Å². The van der Waals surface area contributed by atoms with E-state index in [-0.39, 0.29) is 17.6 Å². The van der Waals surface area contributed by atoms with Gasteiger partial charge < -0.3 is 24.8 Å². The fourth-order valence-electron chi connectivity index (χ4n) is 3.71. The molecule has 1 atom stereocenters. The summed E-state index contributed by atoms with van der Waals surface area (Å²) in [5.41, 5.74) is 0.978. The summed E-state index contributed by atoms with van der Waals surface area (Å²) in [6.45, 7) is 3.31. The van der Waals surface area contributed by atoms with Crippen LogP contribution in [-0.2, 0) is 14.9 Å². The van der Waals surface area contributed by atoms with Crippen molar-refractivity contribution in [3.05, 3.63) is 29.8 Å². The van der Waals surface area contributed by atoms with Gasteiger partial charge in [0.25, 0.3) is 0 Å². The fraction of sp³-hybridized carbons (Fsp3) is 0.632. The summed E-state index contributed by atoms with van der Waals surface area (Å²) in [5, 5.41) is 5.97. The molecule has 0 bridgehead atoms. The highest BCUT2D eigenvalue weighted by atomic mass is 16.5. The lowest BCUT2D eigenvalue weighted by molar-refractivity contribution is 0.0497. The lowest BCUT2D eigenvalue weighted by Crippen LogP contribution is -2.48. The normalized spacial score (nSPS) is 22.4. The van der Waals surface area contributed by atoms with Gasteiger partial charge in [0.05, 0.1) is 13.2 Å². The Morgan fingerprint density at radius 1 is 1.24 bits per heavy atom. The monoisotopic (exact) mass is 348 g/mol.